The third-order valence-corrected chi connectivity index (χ3v) is 3.76. The summed E-state index contributed by atoms with van der Waals surface area (Å²) in [7, 11) is 0. The van der Waals surface area contributed by atoms with Gasteiger partial charge >= 0.3 is 0 Å². The molecule has 1 aliphatic rings. The predicted molar refractivity (Wildman–Crippen MR) is 83.9 cm³/mol. The van der Waals surface area contributed by atoms with E-state index in [1.807, 2.05) is 19.1 Å². The van der Waals surface area contributed by atoms with Crippen LogP contribution in [0.15, 0.2) is 18.2 Å². The highest BCUT2D eigenvalue weighted by Gasteiger charge is 2.19. The van der Waals surface area contributed by atoms with Gasteiger partial charge in [-0.05, 0) is 32.3 Å². The van der Waals surface area contributed by atoms with Gasteiger partial charge in [-0.15, -0.1) is 0 Å². The number of benzene rings is 1. The second-order valence-electron chi connectivity index (χ2n) is 5.53. The first-order chi connectivity index (χ1) is 10.2. The lowest BCUT2D eigenvalue weighted by Gasteiger charge is -2.30. The molecule has 0 atom stereocenters. The zero-order valence-corrected chi connectivity index (χ0v) is 13.2. The number of para-hydroxylation sites is 1. The average Bonchev–Trinajstić information content (AvgIpc) is 2.49. The summed E-state index contributed by atoms with van der Waals surface area (Å²) in [6.45, 7) is 8.17. The summed E-state index contributed by atoms with van der Waals surface area (Å²) in [5.41, 5.74) is 1.17. The molecule has 0 amide bonds. The van der Waals surface area contributed by atoms with Crippen molar-refractivity contribution in [2.75, 3.05) is 26.3 Å². The minimum absolute atomic E-state index is 0.133. The topological polar surface area (TPSA) is 41.9 Å². The van der Waals surface area contributed by atoms with Crippen LogP contribution in [0, 0.1) is 0 Å². The van der Waals surface area contributed by atoms with E-state index >= 15 is 0 Å². The number of hydrogen-bond donors (Lipinski definition) is 1. The van der Waals surface area contributed by atoms with Crippen LogP contribution < -0.4 is 9.47 Å². The lowest BCUT2D eigenvalue weighted by Crippen LogP contribution is -2.35. The molecule has 118 valence electrons. The van der Waals surface area contributed by atoms with Gasteiger partial charge in [0.25, 0.3) is 0 Å². The zero-order valence-electron chi connectivity index (χ0n) is 13.2. The van der Waals surface area contributed by atoms with Gasteiger partial charge < -0.3 is 14.6 Å². The Morgan fingerprint density at radius 2 is 1.95 bits per heavy atom. The Kier molecular flexibility index (Phi) is 6.33. The first kappa shape index (κ1) is 16.1. The van der Waals surface area contributed by atoms with E-state index in [0.29, 0.717) is 13.2 Å². The monoisotopic (exact) mass is 293 g/mol. The molecule has 1 aromatic rings. The molecule has 1 saturated heterocycles. The number of piperidine rings is 1. The molecule has 21 heavy (non-hydrogen) atoms. The van der Waals surface area contributed by atoms with Crippen LogP contribution in [0.2, 0.25) is 0 Å². The van der Waals surface area contributed by atoms with Gasteiger partial charge in [0.2, 0.25) is 0 Å². The molecule has 4 heteroatoms. The fraction of sp³-hybridized carbons (Fsp3) is 0.647. The van der Waals surface area contributed by atoms with E-state index in [1.54, 1.807) is 0 Å². The van der Waals surface area contributed by atoms with Gasteiger partial charge in [-0.3, -0.25) is 4.90 Å². The Bertz CT molecular complexity index is 428. The van der Waals surface area contributed by atoms with E-state index in [2.05, 4.69) is 17.9 Å². The van der Waals surface area contributed by atoms with Crippen molar-refractivity contribution < 1.29 is 14.6 Å². The van der Waals surface area contributed by atoms with Crippen molar-refractivity contribution in [1.29, 1.82) is 0 Å². The molecule has 4 nitrogen and oxygen atoms in total. The van der Waals surface area contributed by atoms with Crippen molar-refractivity contribution in [3.8, 4) is 11.5 Å². The van der Waals surface area contributed by atoms with E-state index in [0.717, 1.165) is 50.4 Å². The van der Waals surface area contributed by atoms with Gasteiger partial charge in [0, 0.05) is 25.2 Å². The molecule has 1 aliphatic heterocycles. The molecule has 2 rings (SSSR count). The van der Waals surface area contributed by atoms with Gasteiger partial charge in [0.1, 0.15) is 0 Å². The van der Waals surface area contributed by atoms with E-state index in [4.69, 9.17) is 9.47 Å². The molecule has 1 fully saturated rings. The van der Waals surface area contributed by atoms with E-state index < -0.39 is 0 Å². The zero-order chi connectivity index (χ0) is 15.1. The van der Waals surface area contributed by atoms with Crippen LogP contribution in [-0.4, -0.2) is 42.4 Å². The first-order valence-corrected chi connectivity index (χ1v) is 8.02. The van der Waals surface area contributed by atoms with Crippen molar-refractivity contribution >= 4 is 0 Å². The molecule has 0 aliphatic carbocycles. The number of likely N-dealkylation sites (tertiary alicyclic amines) is 1. The Balaban J connectivity index is 2.10. The minimum atomic E-state index is -0.133. The summed E-state index contributed by atoms with van der Waals surface area (Å²) in [4.78, 5) is 2.37. The van der Waals surface area contributed by atoms with Crippen molar-refractivity contribution in [3.63, 3.8) is 0 Å². The Morgan fingerprint density at radius 3 is 2.62 bits per heavy atom. The number of hydrogen-bond acceptors (Lipinski definition) is 4. The number of ether oxygens (including phenoxy) is 2. The van der Waals surface area contributed by atoms with Crippen LogP contribution in [0.3, 0.4) is 0 Å². The average molecular weight is 293 g/mol. The van der Waals surface area contributed by atoms with Gasteiger partial charge in [0.05, 0.1) is 19.3 Å². The molecule has 0 unspecified atom stereocenters. The standard InChI is InChI=1S/C17H27NO3/c1-3-12-21-17-14(6-5-7-16(17)20-4-2)13-18-10-8-15(19)9-11-18/h5-7,15,19H,3-4,8-13H2,1-2H3. The largest absolute Gasteiger partial charge is 0.490 e. The third kappa shape index (κ3) is 4.61. The number of nitrogens with zero attached hydrogens (tertiary/aromatic N) is 1. The summed E-state index contributed by atoms with van der Waals surface area (Å²) in [5.74, 6) is 1.72. The molecule has 1 aromatic carbocycles. The fourth-order valence-corrected chi connectivity index (χ4v) is 2.64. The highest BCUT2D eigenvalue weighted by atomic mass is 16.5. The SMILES string of the molecule is CCCOc1c(CN2CCC(O)CC2)cccc1OCC. The molecular formula is C17H27NO3. The van der Waals surface area contributed by atoms with Crippen LogP contribution >= 0.6 is 0 Å². The molecule has 1 N–H and O–H groups in total. The van der Waals surface area contributed by atoms with Crippen molar-refractivity contribution in [1.82, 2.24) is 4.90 Å². The molecule has 1 heterocycles. The second kappa shape index (κ2) is 8.25. The number of aliphatic hydroxyl groups excluding tert-OH is 1. The normalized spacial score (nSPS) is 16.9. The van der Waals surface area contributed by atoms with E-state index in [9.17, 15) is 5.11 Å². The fourth-order valence-electron chi connectivity index (χ4n) is 2.64. The van der Waals surface area contributed by atoms with Gasteiger partial charge in [-0.1, -0.05) is 19.1 Å². The Labute approximate surface area is 127 Å². The highest BCUT2D eigenvalue weighted by molar-refractivity contribution is 5.46. The van der Waals surface area contributed by atoms with Crippen LogP contribution in [0.4, 0.5) is 0 Å². The Hall–Kier alpha value is -1.26. The summed E-state index contributed by atoms with van der Waals surface area (Å²) in [5, 5.41) is 9.61. The number of aliphatic hydroxyl groups is 1. The van der Waals surface area contributed by atoms with Gasteiger partial charge in [-0.2, -0.15) is 0 Å². The minimum Gasteiger partial charge on any atom is -0.490 e. The summed E-state index contributed by atoms with van der Waals surface area (Å²) in [6.07, 6.45) is 2.56. The van der Waals surface area contributed by atoms with Crippen molar-refractivity contribution in [3.05, 3.63) is 23.8 Å². The van der Waals surface area contributed by atoms with Crippen LogP contribution in [0.5, 0.6) is 11.5 Å². The molecule has 0 spiro atoms. The highest BCUT2D eigenvalue weighted by Crippen LogP contribution is 2.33. The molecule has 0 saturated carbocycles. The summed E-state index contributed by atoms with van der Waals surface area (Å²) < 4.78 is 11.6. The van der Waals surface area contributed by atoms with Crippen molar-refractivity contribution in [2.24, 2.45) is 0 Å². The maximum Gasteiger partial charge on any atom is 0.165 e. The quantitative estimate of drug-likeness (QED) is 0.839. The van der Waals surface area contributed by atoms with Crippen LogP contribution in [0.1, 0.15) is 38.7 Å². The maximum atomic E-state index is 9.61. The predicted octanol–water partition coefficient (Wildman–Crippen LogP) is 2.83. The van der Waals surface area contributed by atoms with Crippen LogP contribution in [-0.2, 0) is 6.54 Å². The van der Waals surface area contributed by atoms with Crippen LogP contribution in [0.25, 0.3) is 0 Å². The second-order valence-corrected chi connectivity index (χ2v) is 5.53. The first-order valence-electron chi connectivity index (χ1n) is 8.02. The van der Waals surface area contributed by atoms with Gasteiger partial charge in [0.15, 0.2) is 11.5 Å². The Morgan fingerprint density at radius 1 is 1.19 bits per heavy atom. The number of rotatable bonds is 7. The van der Waals surface area contributed by atoms with Gasteiger partial charge in [-0.25, -0.2) is 0 Å². The maximum absolute atomic E-state index is 9.61. The third-order valence-electron chi connectivity index (χ3n) is 3.76. The lowest BCUT2D eigenvalue weighted by atomic mass is 10.1. The smallest absolute Gasteiger partial charge is 0.165 e. The molecular weight excluding hydrogens is 266 g/mol. The molecule has 0 radical (unpaired) electrons. The molecule has 0 bridgehead atoms. The summed E-state index contributed by atoms with van der Waals surface area (Å²) in [6, 6.07) is 6.11. The van der Waals surface area contributed by atoms with E-state index in [-0.39, 0.29) is 6.10 Å². The van der Waals surface area contributed by atoms with E-state index in [1.165, 1.54) is 5.56 Å². The summed E-state index contributed by atoms with van der Waals surface area (Å²) >= 11 is 0. The molecule has 0 aromatic heterocycles. The van der Waals surface area contributed by atoms with Crippen molar-refractivity contribution in [2.45, 2.75) is 45.8 Å². The lowest BCUT2D eigenvalue weighted by molar-refractivity contribution is 0.0787.